The fraction of sp³-hybridized carbons (Fsp3) is 0.667. The fourth-order valence-corrected chi connectivity index (χ4v) is 3.10. The van der Waals surface area contributed by atoms with E-state index in [0.717, 1.165) is 31.9 Å². The predicted octanol–water partition coefficient (Wildman–Crippen LogP) is 1.07. The first kappa shape index (κ1) is 14.9. The van der Waals surface area contributed by atoms with E-state index < -0.39 is 5.69 Å². The van der Waals surface area contributed by atoms with Crippen LogP contribution in [0.15, 0.2) is 9.59 Å². The van der Waals surface area contributed by atoms with Crippen LogP contribution < -0.4 is 16.1 Å². The Bertz CT molecular complexity index is 793. The van der Waals surface area contributed by atoms with Crippen LogP contribution in [-0.4, -0.2) is 32.2 Å². The molecule has 2 aromatic rings. The summed E-state index contributed by atoms with van der Waals surface area (Å²) < 4.78 is 3.39. The van der Waals surface area contributed by atoms with Crippen LogP contribution in [-0.2, 0) is 13.6 Å². The number of piperidine rings is 1. The van der Waals surface area contributed by atoms with Gasteiger partial charge in [-0.1, -0.05) is 13.8 Å². The van der Waals surface area contributed by atoms with Crippen molar-refractivity contribution in [3.05, 3.63) is 20.8 Å². The predicted molar refractivity (Wildman–Crippen MR) is 86.5 cm³/mol. The first-order valence-electron chi connectivity index (χ1n) is 7.93. The summed E-state index contributed by atoms with van der Waals surface area (Å²) in [4.78, 5) is 33.4. The molecule has 0 unspecified atom stereocenters. The standard InChI is InChI=1S/C15H23N5O2/c1-10(2)9-20-11-12(18(3)15(22)17-13(11)21)16-14(20)19-7-5-4-6-8-19/h10H,4-9H2,1-3H3,(H,17,21,22). The summed E-state index contributed by atoms with van der Waals surface area (Å²) in [6.07, 6.45) is 3.51. The van der Waals surface area contributed by atoms with Crippen LogP contribution in [0.2, 0.25) is 0 Å². The smallest absolute Gasteiger partial charge is 0.329 e. The number of nitrogens with zero attached hydrogens (tertiary/aromatic N) is 4. The molecule has 0 spiro atoms. The van der Waals surface area contributed by atoms with Gasteiger partial charge in [-0.3, -0.25) is 14.3 Å². The molecule has 0 aromatic carbocycles. The van der Waals surface area contributed by atoms with Crippen LogP contribution in [0.4, 0.5) is 5.95 Å². The van der Waals surface area contributed by atoms with Crippen LogP contribution in [0.3, 0.4) is 0 Å². The Labute approximate surface area is 128 Å². The van der Waals surface area contributed by atoms with E-state index in [9.17, 15) is 9.59 Å². The van der Waals surface area contributed by atoms with Crippen molar-refractivity contribution >= 4 is 17.1 Å². The van der Waals surface area contributed by atoms with Gasteiger partial charge in [0.15, 0.2) is 11.2 Å². The number of fused-ring (bicyclic) bond motifs is 1. The SMILES string of the molecule is CC(C)Cn1c(N2CCCCC2)nc2c1c(=O)[nH]c(=O)n2C. The average molecular weight is 305 g/mol. The van der Waals surface area contributed by atoms with E-state index >= 15 is 0 Å². The first-order valence-corrected chi connectivity index (χ1v) is 7.93. The Morgan fingerprint density at radius 3 is 2.50 bits per heavy atom. The van der Waals surface area contributed by atoms with E-state index in [1.807, 2.05) is 4.57 Å². The Kier molecular flexibility index (Phi) is 3.80. The molecular formula is C15H23N5O2. The highest BCUT2D eigenvalue weighted by molar-refractivity contribution is 5.74. The van der Waals surface area contributed by atoms with Gasteiger partial charge < -0.3 is 9.47 Å². The highest BCUT2D eigenvalue weighted by Crippen LogP contribution is 2.23. The normalized spacial score (nSPS) is 15.9. The van der Waals surface area contributed by atoms with Gasteiger partial charge in [0.25, 0.3) is 5.56 Å². The van der Waals surface area contributed by atoms with Gasteiger partial charge in [-0.25, -0.2) is 4.79 Å². The van der Waals surface area contributed by atoms with Crippen molar-refractivity contribution in [3.8, 4) is 0 Å². The van der Waals surface area contributed by atoms with Gasteiger partial charge in [-0.05, 0) is 25.2 Å². The van der Waals surface area contributed by atoms with Crippen molar-refractivity contribution in [2.45, 2.75) is 39.7 Å². The van der Waals surface area contributed by atoms with Crippen molar-refractivity contribution < 1.29 is 0 Å². The molecule has 3 heterocycles. The molecule has 1 fully saturated rings. The lowest BCUT2D eigenvalue weighted by molar-refractivity contribution is 0.509. The average Bonchev–Trinajstić information content (AvgIpc) is 2.85. The van der Waals surface area contributed by atoms with Crippen molar-refractivity contribution in [1.29, 1.82) is 0 Å². The number of aryl methyl sites for hydroxylation is 1. The van der Waals surface area contributed by atoms with Gasteiger partial charge >= 0.3 is 5.69 Å². The van der Waals surface area contributed by atoms with E-state index in [-0.39, 0.29) is 5.56 Å². The molecule has 0 saturated carbocycles. The third-order valence-electron chi connectivity index (χ3n) is 4.17. The van der Waals surface area contributed by atoms with Gasteiger partial charge in [-0.2, -0.15) is 4.98 Å². The number of anilines is 1. The van der Waals surface area contributed by atoms with E-state index in [0.29, 0.717) is 23.6 Å². The van der Waals surface area contributed by atoms with E-state index in [1.165, 1.54) is 11.0 Å². The van der Waals surface area contributed by atoms with Crippen LogP contribution >= 0.6 is 0 Å². The summed E-state index contributed by atoms with van der Waals surface area (Å²) in [6.45, 7) is 6.84. The molecule has 3 rings (SSSR count). The summed E-state index contributed by atoms with van der Waals surface area (Å²) in [6, 6.07) is 0. The van der Waals surface area contributed by atoms with Gasteiger partial charge in [0.05, 0.1) is 0 Å². The summed E-state index contributed by atoms with van der Waals surface area (Å²) in [5, 5.41) is 0. The zero-order valence-corrected chi connectivity index (χ0v) is 13.4. The van der Waals surface area contributed by atoms with Gasteiger partial charge in [-0.15, -0.1) is 0 Å². The van der Waals surface area contributed by atoms with Gasteiger partial charge in [0.1, 0.15) is 0 Å². The number of H-pyrrole nitrogens is 1. The number of aromatic nitrogens is 4. The van der Waals surface area contributed by atoms with Gasteiger partial charge in [0.2, 0.25) is 5.95 Å². The highest BCUT2D eigenvalue weighted by atomic mass is 16.2. The minimum atomic E-state index is -0.420. The van der Waals surface area contributed by atoms with E-state index in [2.05, 4.69) is 28.7 Å². The third-order valence-corrected chi connectivity index (χ3v) is 4.17. The summed E-state index contributed by atoms with van der Waals surface area (Å²) in [7, 11) is 1.65. The van der Waals surface area contributed by atoms with E-state index in [1.54, 1.807) is 7.05 Å². The molecule has 0 amide bonds. The zero-order chi connectivity index (χ0) is 15.9. The molecule has 2 aromatic heterocycles. The molecule has 1 saturated heterocycles. The summed E-state index contributed by atoms with van der Waals surface area (Å²) >= 11 is 0. The number of nitrogens with one attached hydrogen (secondary N) is 1. The van der Waals surface area contributed by atoms with Crippen molar-refractivity contribution in [3.63, 3.8) is 0 Å². The maximum absolute atomic E-state index is 12.3. The largest absolute Gasteiger partial charge is 0.342 e. The second-order valence-electron chi connectivity index (χ2n) is 6.45. The van der Waals surface area contributed by atoms with Crippen LogP contribution in [0.25, 0.3) is 11.2 Å². The number of aromatic amines is 1. The second-order valence-corrected chi connectivity index (χ2v) is 6.45. The quantitative estimate of drug-likeness (QED) is 0.920. The molecule has 7 heteroatoms. The van der Waals surface area contributed by atoms with Crippen molar-refractivity contribution in [2.75, 3.05) is 18.0 Å². The number of rotatable bonds is 3. The molecular weight excluding hydrogens is 282 g/mol. The number of imidazole rings is 1. The topological polar surface area (TPSA) is 75.9 Å². The molecule has 0 bridgehead atoms. The minimum absolute atomic E-state index is 0.352. The van der Waals surface area contributed by atoms with E-state index in [4.69, 9.17) is 0 Å². The van der Waals surface area contributed by atoms with Crippen LogP contribution in [0.1, 0.15) is 33.1 Å². The summed E-state index contributed by atoms with van der Waals surface area (Å²) in [5.41, 5.74) is 0.192. The molecule has 120 valence electrons. The molecule has 0 radical (unpaired) electrons. The first-order chi connectivity index (χ1) is 10.5. The molecule has 0 atom stereocenters. The van der Waals surface area contributed by atoms with Crippen LogP contribution in [0, 0.1) is 5.92 Å². The third kappa shape index (κ3) is 2.44. The monoisotopic (exact) mass is 305 g/mol. The zero-order valence-electron chi connectivity index (χ0n) is 13.4. The molecule has 1 aliphatic heterocycles. The molecule has 1 aliphatic rings. The lowest BCUT2D eigenvalue weighted by Crippen LogP contribution is -2.32. The Balaban J connectivity index is 2.26. The highest BCUT2D eigenvalue weighted by Gasteiger charge is 2.23. The molecule has 7 nitrogen and oxygen atoms in total. The maximum Gasteiger partial charge on any atom is 0.329 e. The van der Waals surface area contributed by atoms with Crippen molar-refractivity contribution in [2.24, 2.45) is 13.0 Å². The Morgan fingerprint density at radius 2 is 1.86 bits per heavy atom. The molecule has 22 heavy (non-hydrogen) atoms. The van der Waals surface area contributed by atoms with Crippen molar-refractivity contribution in [1.82, 2.24) is 19.1 Å². The number of hydrogen-bond donors (Lipinski definition) is 1. The summed E-state index contributed by atoms with van der Waals surface area (Å²) in [5.74, 6) is 1.20. The fourth-order valence-electron chi connectivity index (χ4n) is 3.10. The minimum Gasteiger partial charge on any atom is -0.342 e. The van der Waals surface area contributed by atoms with Crippen LogP contribution in [0.5, 0.6) is 0 Å². The molecule has 1 N–H and O–H groups in total. The number of hydrogen-bond acceptors (Lipinski definition) is 4. The lowest BCUT2D eigenvalue weighted by Gasteiger charge is -2.28. The Hall–Kier alpha value is -2.05. The lowest BCUT2D eigenvalue weighted by atomic mass is 10.1. The molecule has 0 aliphatic carbocycles. The maximum atomic E-state index is 12.3. The second kappa shape index (κ2) is 5.62. The van der Waals surface area contributed by atoms with Gasteiger partial charge in [0, 0.05) is 26.7 Å². The Morgan fingerprint density at radius 1 is 1.18 bits per heavy atom.